The van der Waals surface area contributed by atoms with Gasteiger partial charge in [-0.25, -0.2) is 0 Å². The van der Waals surface area contributed by atoms with Crippen LogP contribution in [0.1, 0.15) is 26.7 Å². The number of rotatable bonds is 7. The van der Waals surface area contributed by atoms with Crippen LogP contribution in [0.25, 0.3) is 0 Å². The van der Waals surface area contributed by atoms with E-state index < -0.39 is 0 Å². The van der Waals surface area contributed by atoms with Crippen molar-refractivity contribution in [2.75, 3.05) is 39.8 Å². The lowest BCUT2D eigenvalue weighted by Crippen LogP contribution is -2.37. The molecule has 0 aromatic carbocycles. The molecule has 3 heteroatoms. The summed E-state index contributed by atoms with van der Waals surface area (Å²) in [4.78, 5) is 2.51. The van der Waals surface area contributed by atoms with Crippen molar-refractivity contribution >= 4 is 0 Å². The molecule has 0 saturated carbocycles. The lowest BCUT2D eigenvalue weighted by molar-refractivity contribution is 0.0704. The largest absolute Gasteiger partial charge is 0.377 e. The molecule has 15 heavy (non-hydrogen) atoms. The SMILES string of the molecule is CCN(CC(C)CNC)CC1CCCO1. The molecule has 2 unspecified atom stereocenters. The van der Waals surface area contributed by atoms with Gasteiger partial charge in [-0.1, -0.05) is 13.8 Å². The van der Waals surface area contributed by atoms with E-state index in [9.17, 15) is 0 Å². The van der Waals surface area contributed by atoms with Crippen molar-refractivity contribution in [2.45, 2.75) is 32.8 Å². The molecule has 90 valence electrons. The summed E-state index contributed by atoms with van der Waals surface area (Å²) in [5, 5.41) is 3.23. The van der Waals surface area contributed by atoms with Crippen LogP contribution in [0, 0.1) is 5.92 Å². The van der Waals surface area contributed by atoms with Crippen LogP contribution in [0.4, 0.5) is 0 Å². The average molecular weight is 214 g/mol. The first kappa shape index (κ1) is 12.9. The highest BCUT2D eigenvalue weighted by molar-refractivity contribution is 4.71. The monoisotopic (exact) mass is 214 g/mol. The van der Waals surface area contributed by atoms with Crippen molar-refractivity contribution < 1.29 is 4.74 Å². The third-order valence-electron chi connectivity index (χ3n) is 3.06. The van der Waals surface area contributed by atoms with Gasteiger partial charge in [0, 0.05) is 19.7 Å². The Morgan fingerprint density at radius 3 is 2.87 bits per heavy atom. The van der Waals surface area contributed by atoms with Crippen LogP contribution in [0.2, 0.25) is 0 Å². The molecule has 0 aromatic heterocycles. The molecule has 3 nitrogen and oxygen atoms in total. The third kappa shape index (κ3) is 4.96. The minimum absolute atomic E-state index is 0.492. The fraction of sp³-hybridized carbons (Fsp3) is 1.00. The summed E-state index contributed by atoms with van der Waals surface area (Å²) in [7, 11) is 2.02. The highest BCUT2D eigenvalue weighted by Crippen LogP contribution is 2.13. The van der Waals surface area contributed by atoms with Crippen LogP contribution in [0.3, 0.4) is 0 Å². The quantitative estimate of drug-likeness (QED) is 0.692. The van der Waals surface area contributed by atoms with Crippen molar-refractivity contribution in [2.24, 2.45) is 5.92 Å². The van der Waals surface area contributed by atoms with E-state index in [1.807, 2.05) is 7.05 Å². The first-order chi connectivity index (χ1) is 7.26. The molecular formula is C12H26N2O. The van der Waals surface area contributed by atoms with E-state index in [0.717, 1.165) is 32.2 Å². The highest BCUT2D eigenvalue weighted by atomic mass is 16.5. The Morgan fingerprint density at radius 2 is 2.33 bits per heavy atom. The van der Waals surface area contributed by atoms with Crippen molar-refractivity contribution in [3.8, 4) is 0 Å². The Balaban J connectivity index is 2.21. The summed E-state index contributed by atoms with van der Waals surface area (Å²) in [6.07, 6.45) is 2.98. The van der Waals surface area contributed by atoms with Crippen LogP contribution in [-0.4, -0.2) is 50.8 Å². The minimum atomic E-state index is 0.492. The zero-order valence-electron chi connectivity index (χ0n) is 10.5. The van der Waals surface area contributed by atoms with Gasteiger partial charge >= 0.3 is 0 Å². The Morgan fingerprint density at radius 1 is 1.53 bits per heavy atom. The molecule has 1 heterocycles. The van der Waals surface area contributed by atoms with E-state index >= 15 is 0 Å². The number of nitrogens with one attached hydrogen (secondary N) is 1. The summed E-state index contributed by atoms with van der Waals surface area (Å²) in [5.74, 6) is 0.719. The molecule has 0 aliphatic carbocycles. The topological polar surface area (TPSA) is 24.5 Å². The van der Waals surface area contributed by atoms with Gasteiger partial charge in [-0.2, -0.15) is 0 Å². The van der Waals surface area contributed by atoms with Gasteiger partial charge in [0.25, 0.3) is 0 Å². The van der Waals surface area contributed by atoms with E-state index in [0.29, 0.717) is 6.10 Å². The molecule has 1 fully saturated rings. The molecule has 1 N–H and O–H groups in total. The fourth-order valence-corrected chi connectivity index (χ4v) is 2.26. The predicted molar refractivity (Wildman–Crippen MR) is 64.2 cm³/mol. The predicted octanol–water partition coefficient (Wildman–Crippen LogP) is 1.34. The maximum Gasteiger partial charge on any atom is 0.0702 e. The lowest BCUT2D eigenvalue weighted by Gasteiger charge is -2.26. The second-order valence-electron chi connectivity index (χ2n) is 4.65. The number of hydrogen-bond acceptors (Lipinski definition) is 3. The van der Waals surface area contributed by atoms with Gasteiger partial charge in [0.2, 0.25) is 0 Å². The summed E-state index contributed by atoms with van der Waals surface area (Å²) < 4.78 is 5.67. The zero-order chi connectivity index (χ0) is 11.1. The van der Waals surface area contributed by atoms with Gasteiger partial charge in [0.05, 0.1) is 6.10 Å². The number of nitrogens with zero attached hydrogens (tertiary/aromatic N) is 1. The molecule has 0 aromatic rings. The first-order valence-corrected chi connectivity index (χ1v) is 6.24. The summed E-state index contributed by atoms with van der Waals surface area (Å²) in [5.41, 5.74) is 0. The standard InChI is InChI=1S/C12H26N2O/c1-4-14(9-11(2)8-13-3)10-12-6-5-7-15-12/h11-13H,4-10H2,1-3H3. The molecule has 1 aliphatic rings. The summed E-state index contributed by atoms with van der Waals surface area (Å²) in [6.45, 7) is 10.0. The van der Waals surface area contributed by atoms with E-state index in [-0.39, 0.29) is 0 Å². The Hall–Kier alpha value is -0.120. The summed E-state index contributed by atoms with van der Waals surface area (Å²) in [6, 6.07) is 0. The molecule has 1 saturated heterocycles. The fourth-order valence-electron chi connectivity index (χ4n) is 2.26. The van der Waals surface area contributed by atoms with Crippen LogP contribution < -0.4 is 5.32 Å². The van der Waals surface area contributed by atoms with Crippen molar-refractivity contribution in [1.82, 2.24) is 10.2 Å². The first-order valence-electron chi connectivity index (χ1n) is 6.24. The molecule has 0 radical (unpaired) electrons. The van der Waals surface area contributed by atoms with Gasteiger partial charge in [0.15, 0.2) is 0 Å². The molecule has 0 bridgehead atoms. The van der Waals surface area contributed by atoms with Crippen molar-refractivity contribution in [3.05, 3.63) is 0 Å². The zero-order valence-corrected chi connectivity index (χ0v) is 10.5. The second kappa shape index (κ2) is 7.20. The van der Waals surface area contributed by atoms with Crippen molar-refractivity contribution in [1.29, 1.82) is 0 Å². The summed E-state index contributed by atoms with van der Waals surface area (Å²) >= 11 is 0. The third-order valence-corrected chi connectivity index (χ3v) is 3.06. The van der Waals surface area contributed by atoms with E-state index in [1.54, 1.807) is 0 Å². The van der Waals surface area contributed by atoms with E-state index in [2.05, 4.69) is 24.1 Å². The second-order valence-corrected chi connectivity index (χ2v) is 4.65. The van der Waals surface area contributed by atoms with Gasteiger partial charge in [-0.05, 0) is 38.9 Å². The van der Waals surface area contributed by atoms with Crippen LogP contribution in [0.15, 0.2) is 0 Å². The molecule has 1 aliphatic heterocycles. The molecule has 0 spiro atoms. The maximum atomic E-state index is 5.67. The average Bonchev–Trinajstić information content (AvgIpc) is 2.70. The van der Waals surface area contributed by atoms with E-state index in [1.165, 1.54) is 19.4 Å². The Labute approximate surface area is 94.2 Å². The number of ether oxygens (including phenoxy) is 1. The number of hydrogen-bond donors (Lipinski definition) is 1. The molecular weight excluding hydrogens is 188 g/mol. The minimum Gasteiger partial charge on any atom is -0.377 e. The van der Waals surface area contributed by atoms with Gasteiger partial charge in [-0.15, -0.1) is 0 Å². The molecule has 1 rings (SSSR count). The Bertz CT molecular complexity index is 158. The van der Waals surface area contributed by atoms with Crippen LogP contribution >= 0.6 is 0 Å². The Kier molecular flexibility index (Phi) is 6.22. The van der Waals surface area contributed by atoms with Gasteiger partial charge < -0.3 is 15.0 Å². The smallest absolute Gasteiger partial charge is 0.0702 e. The van der Waals surface area contributed by atoms with Gasteiger partial charge in [-0.3, -0.25) is 0 Å². The van der Waals surface area contributed by atoms with Crippen LogP contribution in [0.5, 0.6) is 0 Å². The normalized spacial score (nSPS) is 23.6. The highest BCUT2D eigenvalue weighted by Gasteiger charge is 2.19. The molecule has 0 amide bonds. The van der Waals surface area contributed by atoms with Crippen molar-refractivity contribution in [3.63, 3.8) is 0 Å². The number of likely N-dealkylation sites (N-methyl/N-ethyl adjacent to an activating group) is 1. The molecule has 2 atom stereocenters. The lowest BCUT2D eigenvalue weighted by atomic mass is 10.1. The maximum absolute atomic E-state index is 5.67. The van der Waals surface area contributed by atoms with Gasteiger partial charge in [0.1, 0.15) is 0 Å². The van der Waals surface area contributed by atoms with E-state index in [4.69, 9.17) is 4.74 Å². The van der Waals surface area contributed by atoms with Crippen LogP contribution in [-0.2, 0) is 4.74 Å².